The molecule has 2 N–H and O–H groups in total. The number of thiol groups is 1. The highest BCUT2D eigenvalue weighted by Gasteiger charge is 2.39. The maximum Gasteiger partial charge on any atom is 0.330 e. The van der Waals surface area contributed by atoms with Crippen molar-refractivity contribution < 1.29 is 18.8 Å². The summed E-state index contributed by atoms with van der Waals surface area (Å²) in [5.41, 5.74) is 9.05. The largest absolute Gasteiger partial charge is 0.493 e. The number of aromatic nitrogens is 2. The standard InChI is InChI=1S/C20H25N6O6PS2/c1-12-10-26(20(29)22-18(12)27)17-9-14(23-25-21)16(32-17)11-31-33(34,35)24-15(19(28)30-2)8-13-6-4-3-5-7-13/h3-7,10,14-17H,8-9,11H2,1-2H3,(H,22,27,29)(H2,24,34,35)/t14-,15-,16+,17+/m0/s1. The van der Waals surface area contributed by atoms with Gasteiger partial charge in [0.2, 0.25) is 0 Å². The molecule has 0 amide bonds. The van der Waals surface area contributed by atoms with Gasteiger partial charge < -0.3 is 21.7 Å². The first-order valence-electron chi connectivity index (χ1n) is 10.5. The Kier molecular flexibility index (Phi) is 9.42. The molecule has 1 aliphatic rings. The minimum Gasteiger partial charge on any atom is -0.493 e. The van der Waals surface area contributed by atoms with Gasteiger partial charge in [-0.1, -0.05) is 35.4 Å². The number of esters is 1. The second-order valence-electron chi connectivity index (χ2n) is 7.83. The average molecular weight is 541 g/mol. The third-order valence-corrected chi connectivity index (χ3v) is 7.82. The fourth-order valence-corrected chi connectivity index (χ4v) is 5.80. The van der Waals surface area contributed by atoms with E-state index in [0.29, 0.717) is 12.0 Å². The Morgan fingerprint density at radius 3 is 2.83 bits per heavy atom. The lowest BCUT2D eigenvalue weighted by molar-refractivity contribution is -0.142. The Hall–Kier alpha value is -2.31. The lowest BCUT2D eigenvalue weighted by Crippen LogP contribution is -2.39. The fraction of sp³-hybridized carbons (Fsp3) is 0.450. The first kappa shape index (κ1) is 27.3. The molecule has 0 saturated carbocycles. The van der Waals surface area contributed by atoms with Crippen molar-refractivity contribution in [2.75, 3.05) is 13.7 Å². The average Bonchev–Trinajstić information content (AvgIpc) is 3.22. The molecular formula is C20H25N6O6PS2. The number of azide groups is 1. The second kappa shape index (κ2) is 12.1. The molecular weight excluding hydrogens is 515 g/mol. The van der Waals surface area contributed by atoms with Gasteiger partial charge in [0.05, 0.1) is 19.3 Å². The van der Waals surface area contributed by atoms with E-state index in [1.165, 1.54) is 17.9 Å². The molecule has 0 aliphatic carbocycles. The van der Waals surface area contributed by atoms with Crippen LogP contribution in [0.2, 0.25) is 0 Å². The van der Waals surface area contributed by atoms with Gasteiger partial charge in [-0.05, 0) is 18.0 Å². The molecule has 15 heteroatoms. The van der Waals surface area contributed by atoms with Crippen molar-refractivity contribution in [3.63, 3.8) is 0 Å². The summed E-state index contributed by atoms with van der Waals surface area (Å²) in [6.07, 6.45) is 0.363. The molecule has 0 bridgehead atoms. The number of carbonyl (C=O) groups is 1. The number of H-pyrrole nitrogens is 1. The van der Waals surface area contributed by atoms with E-state index >= 15 is 0 Å². The molecule has 188 valence electrons. The Morgan fingerprint density at radius 2 is 2.17 bits per heavy atom. The van der Waals surface area contributed by atoms with E-state index in [1.54, 1.807) is 6.92 Å². The molecule has 5 atom stereocenters. The summed E-state index contributed by atoms with van der Waals surface area (Å²) in [6, 6.07) is 4.86. The SMILES string of the molecule is COC(=O)[C@H](Cc1ccccc1)N[P+]([S-])(S)OC[C@H]1O[C@@H](n2cc(C)c(=O)[nH]c2=O)C[C@@H]1N=[N+]=[N-]. The minimum absolute atomic E-state index is 0.107. The molecule has 12 nitrogen and oxygen atoms in total. The highest BCUT2D eigenvalue weighted by molar-refractivity contribution is 8.77. The summed E-state index contributed by atoms with van der Waals surface area (Å²) < 4.78 is 17.9. The van der Waals surface area contributed by atoms with Crippen molar-refractivity contribution in [1.29, 1.82) is 0 Å². The van der Waals surface area contributed by atoms with Crippen LogP contribution in [0, 0.1) is 6.92 Å². The molecule has 2 heterocycles. The molecule has 1 aromatic heterocycles. The van der Waals surface area contributed by atoms with E-state index in [9.17, 15) is 14.4 Å². The van der Waals surface area contributed by atoms with Crippen molar-refractivity contribution in [2.45, 2.75) is 44.2 Å². The normalized spacial score (nSPS) is 22.1. The zero-order chi connectivity index (χ0) is 25.6. The van der Waals surface area contributed by atoms with Gasteiger partial charge in [-0.25, -0.2) is 9.32 Å². The van der Waals surface area contributed by atoms with Gasteiger partial charge in [0, 0.05) is 41.8 Å². The predicted octanol–water partition coefficient (Wildman–Crippen LogP) is 2.36. The van der Waals surface area contributed by atoms with Crippen molar-refractivity contribution >= 4 is 36.5 Å². The maximum atomic E-state index is 12.3. The number of ether oxygens (including phenoxy) is 2. The monoisotopic (exact) mass is 540 g/mol. The molecule has 1 aliphatic heterocycles. The Balaban J connectivity index is 1.70. The third kappa shape index (κ3) is 7.34. The summed E-state index contributed by atoms with van der Waals surface area (Å²) in [5.74, 6) is -0.516. The van der Waals surface area contributed by atoms with E-state index in [0.717, 1.165) is 5.56 Å². The Morgan fingerprint density at radius 1 is 1.46 bits per heavy atom. The molecule has 3 rings (SSSR count). The number of hydrogen-bond acceptors (Lipinski definition) is 10. The zero-order valence-electron chi connectivity index (χ0n) is 18.9. The molecule has 35 heavy (non-hydrogen) atoms. The summed E-state index contributed by atoms with van der Waals surface area (Å²) in [5, 5.41) is 6.72. The van der Waals surface area contributed by atoms with E-state index in [2.05, 4.69) is 32.3 Å². The zero-order valence-corrected chi connectivity index (χ0v) is 21.5. The van der Waals surface area contributed by atoms with Gasteiger partial charge in [0.1, 0.15) is 18.9 Å². The van der Waals surface area contributed by atoms with Gasteiger partial charge in [-0.2, -0.15) is 5.09 Å². The molecule has 1 fully saturated rings. The highest BCUT2D eigenvalue weighted by atomic mass is 33.1. The van der Waals surface area contributed by atoms with Crippen LogP contribution in [-0.2, 0) is 37.5 Å². The number of aryl methyl sites for hydroxylation is 1. The van der Waals surface area contributed by atoms with Crippen molar-refractivity contribution in [3.05, 3.63) is 78.9 Å². The quantitative estimate of drug-likeness (QED) is 0.0787. The number of benzene rings is 1. The minimum atomic E-state index is -3.02. The van der Waals surface area contributed by atoms with E-state index in [1.807, 2.05) is 30.3 Å². The maximum absolute atomic E-state index is 12.3. The Labute approximate surface area is 211 Å². The molecule has 1 unspecified atom stereocenters. The van der Waals surface area contributed by atoms with Crippen LogP contribution in [0.3, 0.4) is 0 Å². The fourth-order valence-electron chi connectivity index (χ4n) is 3.61. The molecule has 0 radical (unpaired) electrons. The van der Waals surface area contributed by atoms with Crippen LogP contribution in [-0.4, -0.2) is 47.4 Å². The number of aromatic amines is 1. The van der Waals surface area contributed by atoms with Crippen LogP contribution in [0.1, 0.15) is 23.8 Å². The van der Waals surface area contributed by atoms with Crippen molar-refractivity contribution in [2.24, 2.45) is 5.11 Å². The van der Waals surface area contributed by atoms with Gasteiger partial charge in [-0.3, -0.25) is 19.1 Å². The number of rotatable bonds is 10. The topological polar surface area (TPSA) is 160 Å². The van der Waals surface area contributed by atoms with Crippen LogP contribution in [0.25, 0.3) is 10.4 Å². The molecule has 1 aromatic carbocycles. The summed E-state index contributed by atoms with van der Waals surface area (Å²) >= 11 is 9.94. The summed E-state index contributed by atoms with van der Waals surface area (Å²) in [6.45, 7) is 1.45. The Bertz CT molecular complexity index is 1200. The first-order valence-corrected chi connectivity index (χ1v) is 14.4. The number of hydrogen-bond donors (Lipinski definition) is 3. The van der Waals surface area contributed by atoms with Crippen LogP contribution in [0.15, 0.2) is 51.2 Å². The van der Waals surface area contributed by atoms with Crippen LogP contribution in [0.4, 0.5) is 0 Å². The van der Waals surface area contributed by atoms with E-state index < -0.39 is 47.7 Å². The van der Waals surface area contributed by atoms with Crippen LogP contribution < -0.4 is 16.3 Å². The molecule has 0 spiro atoms. The molecule has 1 saturated heterocycles. The first-order chi connectivity index (χ1) is 16.6. The number of nitrogens with zero attached hydrogens (tertiary/aromatic N) is 4. The van der Waals surface area contributed by atoms with E-state index in [4.69, 9.17) is 31.8 Å². The van der Waals surface area contributed by atoms with Gasteiger partial charge >= 0.3 is 11.7 Å². The second-order valence-corrected chi connectivity index (χ2v) is 13.4. The third-order valence-electron chi connectivity index (χ3n) is 5.36. The smallest absolute Gasteiger partial charge is 0.330 e. The lowest BCUT2D eigenvalue weighted by atomic mass is 10.1. The highest BCUT2D eigenvalue weighted by Crippen LogP contribution is 2.59. The summed E-state index contributed by atoms with van der Waals surface area (Å²) in [7, 11) is 1.28. The predicted molar refractivity (Wildman–Crippen MR) is 136 cm³/mol. The van der Waals surface area contributed by atoms with E-state index in [-0.39, 0.29) is 13.0 Å². The van der Waals surface area contributed by atoms with Crippen LogP contribution in [0.5, 0.6) is 0 Å². The van der Waals surface area contributed by atoms with Crippen molar-refractivity contribution in [3.8, 4) is 0 Å². The number of carbonyl (C=O) groups excluding carboxylic acids is 1. The number of methoxy groups -OCH3 is 1. The van der Waals surface area contributed by atoms with Crippen LogP contribution >= 0.6 is 18.3 Å². The van der Waals surface area contributed by atoms with Gasteiger partial charge in [-0.15, -0.1) is 0 Å². The van der Waals surface area contributed by atoms with Gasteiger partial charge in [0.25, 0.3) is 5.56 Å². The lowest BCUT2D eigenvalue weighted by Gasteiger charge is -2.30. The summed E-state index contributed by atoms with van der Waals surface area (Å²) in [4.78, 5) is 41.3. The molecule has 2 aromatic rings. The number of nitrogens with one attached hydrogen (secondary N) is 2. The van der Waals surface area contributed by atoms with Crippen molar-refractivity contribution in [1.82, 2.24) is 14.6 Å². The van der Waals surface area contributed by atoms with Gasteiger partial charge in [0.15, 0.2) is 6.04 Å².